The van der Waals surface area contributed by atoms with Crippen molar-refractivity contribution in [3.63, 3.8) is 0 Å². The van der Waals surface area contributed by atoms with Crippen LogP contribution < -0.4 is 11.1 Å². The number of ether oxygens (including phenoxy) is 1. The maximum Gasteiger partial charge on any atom is 0.237 e. The Bertz CT molecular complexity index is 481. The van der Waals surface area contributed by atoms with Crippen molar-refractivity contribution in [2.75, 3.05) is 13.2 Å². The summed E-state index contributed by atoms with van der Waals surface area (Å²) in [5, 5.41) is 3.22. The van der Waals surface area contributed by atoms with Gasteiger partial charge in [-0.3, -0.25) is 4.79 Å². The number of amides is 1. The molecule has 4 heteroatoms. The van der Waals surface area contributed by atoms with Crippen LogP contribution in [0.2, 0.25) is 0 Å². The molecule has 1 heterocycles. The number of hydrogen-bond acceptors (Lipinski definition) is 3. The molecule has 1 aliphatic carbocycles. The SMILES string of the molecule is NC(C(=O)NC(Cc1ccccc1)C1CC1)C1CCOCC1. The van der Waals surface area contributed by atoms with Crippen LogP contribution in [0.25, 0.3) is 0 Å². The molecule has 3 rings (SSSR count). The lowest BCUT2D eigenvalue weighted by atomic mass is 9.91. The molecular weight excluding hydrogens is 276 g/mol. The molecule has 1 saturated carbocycles. The Morgan fingerprint density at radius 3 is 2.45 bits per heavy atom. The van der Waals surface area contributed by atoms with Gasteiger partial charge < -0.3 is 15.8 Å². The first kappa shape index (κ1) is 15.5. The highest BCUT2D eigenvalue weighted by molar-refractivity contribution is 5.82. The highest BCUT2D eigenvalue weighted by atomic mass is 16.5. The van der Waals surface area contributed by atoms with Gasteiger partial charge >= 0.3 is 0 Å². The van der Waals surface area contributed by atoms with Crippen molar-refractivity contribution in [1.82, 2.24) is 5.32 Å². The fourth-order valence-electron chi connectivity index (χ4n) is 3.27. The molecule has 2 fully saturated rings. The van der Waals surface area contributed by atoms with Crippen molar-refractivity contribution < 1.29 is 9.53 Å². The third-order valence-electron chi connectivity index (χ3n) is 4.89. The van der Waals surface area contributed by atoms with E-state index in [-0.39, 0.29) is 17.9 Å². The van der Waals surface area contributed by atoms with Gasteiger partial charge in [0.2, 0.25) is 5.91 Å². The van der Waals surface area contributed by atoms with E-state index in [4.69, 9.17) is 10.5 Å². The molecule has 22 heavy (non-hydrogen) atoms. The molecule has 0 radical (unpaired) electrons. The molecule has 1 aliphatic heterocycles. The topological polar surface area (TPSA) is 64.4 Å². The third kappa shape index (κ3) is 4.08. The average Bonchev–Trinajstić information content (AvgIpc) is 3.40. The lowest BCUT2D eigenvalue weighted by molar-refractivity contribution is -0.125. The second-order valence-electron chi connectivity index (χ2n) is 6.62. The molecule has 3 N–H and O–H groups in total. The van der Waals surface area contributed by atoms with Crippen LogP contribution in [0.1, 0.15) is 31.2 Å². The van der Waals surface area contributed by atoms with Gasteiger partial charge in [-0.15, -0.1) is 0 Å². The van der Waals surface area contributed by atoms with Crippen LogP contribution in [-0.4, -0.2) is 31.2 Å². The summed E-state index contributed by atoms with van der Waals surface area (Å²) in [5.41, 5.74) is 7.46. The molecule has 2 unspecified atom stereocenters. The maximum absolute atomic E-state index is 12.5. The van der Waals surface area contributed by atoms with E-state index in [1.165, 1.54) is 18.4 Å². The Morgan fingerprint density at radius 1 is 1.14 bits per heavy atom. The van der Waals surface area contributed by atoms with Crippen molar-refractivity contribution >= 4 is 5.91 Å². The number of rotatable bonds is 6. The highest BCUT2D eigenvalue weighted by Gasteiger charge is 2.34. The Kier molecular flexibility index (Phi) is 5.11. The highest BCUT2D eigenvalue weighted by Crippen LogP contribution is 2.34. The lowest BCUT2D eigenvalue weighted by Gasteiger charge is -2.28. The van der Waals surface area contributed by atoms with E-state index < -0.39 is 6.04 Å². The first-order valence-electron chi connectivity index (χ1n) is 8.41. The summed E-state index contributed by atoms with van der Waals surface area (Å²) < 4.78 is 5.35. The van der Waals surface area contributed by atoms with Gasteiger partial charge in [0.05, 0.1) is 6.04 Å². The van der Waals surface area contributed by atoms with Crippen molar-refractivity contribution in [3.05, 3.63) is 35.9 Å². The molecule has 0 bridgehead atoms. The Labute approximate surface area is 132 Å². The van der Waals surface area contributed by atoms with Crippen molar-refractivity contribution in [3.8, 4) is 0 Å². The average molecular weight is 302 g/mol. The second-order valence-corrected chi connectivity index (χ2v) is 6.62. The Hall–Kier alpha value is -1.39. The minimum Gasteiger partial charge on any atom is -0.381 e. The van der Waals surface area contributed by atoms with Crippen molar-refractivity contribution in [1.29, 1.82) is 0 Å². The van der Waals surface area contributed by atoms with Crippen molar-refractivity contribution in [2.24, 2.45) is 17.6 Å². The lowest BCUT2D eigenvalue weighted by Crippen LogP contribution is -2.51. The van der Waals surface area contributed by atoms with Crippen LogP contribution in [0.4, 0.5) is 0 Å². The molecule has 2 atom stereocenters. The first-order chi connectivity index (χ1) is 10.7. The summed E-state index contributed by atoms with van der Waals surface area (Å²) in [5.74, 6) is 0.885. The largest absolute Gasteiger partial charge is 0.381 e. The molecule has 2 aliphatic rings. The minimum absolute atomic E-state index is 0.0136. The fourth-order valence-corrected chi connectivity index (χ4v) is 3.27. The summed E-state index contributed by atoms with van der Waals surface area (Å²) >= 11 is 0. The van der Waals surface area contributed by atoms with E-state index in [2.05, 4.69) is 29.6 Å². The summed E-state index contributed by atoms with van der Waals surface area (Å²) in [6.45, 7) is 1.45. The number of benzene rings is 1. The second kappa shape index (κ2) is 7.25. The molecule has 1 saturated heterocycles. The van der Waals surface area contributed by atoms with Crippen molar-refractivity contribution in [2.45, 2.75) is 44.2 Å². The van der Waals surface area contributed by atoms with E-state index in [1.54, 1.807) is 0 Å². The van der Waals surface area contributed by atoms with Crippen LogP contribution in [-0.2, 0) is 16.0 Å². The van der Waals surface area contributed by atoms with Crippen LogP contribution in [0, 0.1) is 11.8 Å². The van der Waals surface area contributed by atoms with E-state index in [0.717, 1.165) is 32.5 Å². The van der Waals surface area contributed by atoms with Gasteiger partial charge in [0, 0.05) is 19.3 Å². The molecular formula is C18H26N2O2. The predicted molar refractivity (Wildman–Crippen MR) is 86.3 cm³/mol. The number of nitrogens with two attached hydrogens (primary N) is 1. The molecule has 120 valence electrons. The van der Waals surface area contributed by atoms with Gasteiger partial charge in [0.1, 0.15) is 0 Å². The van der Waals surface area contributed by atoms with E-state index >= 15 is 0 Å². The first-order valence-corrected chi connectivity index (χ1v) is 8.41. The summed E-state index contributed by atoms with van der Waals surface area (Å²) in [6.07, 6.45) is 5.11. The van der Waals surface area contributed by atoms with Crippen LogP contribution in [0.5, 0.6) is 0 Å². The zero-order valence-corrected chi connectivity index (χ0v) is 13.0. The van der Waals surface area contributed by atoms with Gasteiger partial charge in [-0.1, -0.05) is 30.3 Å². The number of carbonyl (C=O) groups excluding carboxylic acids is 1. The Balaban J connectivity index is 1.57. The smallest absolute Gasteiger partial charge is 0.237 e. The molecule has 0 spiro atoms. The summed E-state index contributed by atoms with van der Waals surface area (Å²) in [7, 11) is 0. The maximum atomic E-state index is 12.5. The Morgan fingerprint density at radius 2 is 1.82 bits per heavy atom. The zero-order valence-electron chi connectivity index (χ0n) is 13.0. The quantitative estimate of drug-likeness (QED) is 0.843. The van der Waals surface area contributed by atoms with E-state index in [9.17, 15) is 4.79 Å². The fraction of sp³-hybridized carbons (Fsp3) is 0.611. The molecule has 1 amide bonds. The van der Waals surface area contributed by atoms with Crippen LogP contribution in [0.15, 0.2) is 30.3 Å². The van der Waals surface area contributed by atoms with E-state index in [1.807, 2.05) is 6.07 Å². The van der Waals surface area contributed by atoms with Gasteiger partial charge in [-0.2, -0.15) is 0 Å². The molecule has 0 aromatic heterocycles. The van der Waals surface area contributed by atoms with Crippen LogP contribution in [0.3, 0.4) is 0 Å². The summed E-state index contributed by atoms with van der Waals surface area (Å²) in [6, 6.07) is 10.2. The van der Waals surface area contributed by atoms with Gasteiger partial charge in [0.15, 0.2) is 0 Å². The predicted octanol–water partition coefficient (Wildman–Crippen LogP) is 1.88. The summed E-state index contributed by atoms with van der Waals surface area (Å²) in [4.78, 5) is 12.5. The third-order valence-corrected chi connectivity index (χ3v) is 4.89. The van der Waals surface area contributed by atoms with E-state index in [0.29, 0.717) is 5.92 Å². The number of carbonyl (C=O) groups is 1. The molecule has 1 aromatic rings. The monoisotopic (exact) mass is 302 g/mol. The van der Waals surface area contributed by atoms with Crippen LogP contribution >= 0.6 is 0 Å². The van der Waals surface area contributed by atoms with Gasteiger partial charge in [-0.05, 0) is 49.5 Å². The zero-order chi connectivity index (χ0) is 15.4. The standard InChI is InChI=1S/C18H26N2O2/c19-17(15-8-10-22-11-9-15)18(21)20-16(14-6-7-14)12-13-4-2-1-3-5-13/h1-5,14-17H,6-12,19H2,(H,20,21). The normalized spacial score (nSPS) is 22.0. The van der Waals surface area contributed by atoms with Gasteiger partial charge in [-0.25, -0.2) is 0 Å². The number of hydrogen-bond donors (Lipinski definition) is 2. The van der Waals surface area contributed by atoms with Gasteiger partial charge in [0.25, 0.3) is 0 Å². The minimum atomic E-state index is -0.402. The number of nitrogens with one attached hydrogen (secondary N) is 1. The molecule has 4 nitrogen and oxygen atoms in total. The molecule has 1 aromatic carbocycles.